The molecule has 2 aliphatic heterocycles. The van der Waals surface area contributed by atoms with Crippen LogP contribution in [0.4, 0.5) is 0 Å². The Kier molecular flexibility index (Phi) is 3.34. The van der Waals surface area contributed by atoms with Crippen molar-refractivity contribution in [2.45, 2.75) is 37.6 Å². The van der Waals surface area contributed by atoms with Crippen LogP contribution in [0.2, 0.25) is 0 Å². The molecule has 2 rings (SSSR count). The van der Waals surface area contributed by atoms with Crippen LogP contribution in [-0.4, -0.2) is 41.1 Å². The highest BCUT2D eigenvalue weighted by atomic mass is 32.2. The van der Waals surface area contributed by atoms with E-state index in [0.29, 0.717) is 11.3 Å². The van der Waals surface area contributed by atoms with Gasteiger partial charge in [-0.2, -0.15) is 0 Å². The Balaban J connectivity index is 1.69. The lowest BCUT2D eigenvalue weighted by molar-refractivity contribution is -0.144. The van der Waals surface area contributed by atoms with Gasteiger partial charge in [0.1, 0.15) is 11.4 Å². The van der Waals surface area contributed by atoms with E-state index in [2.05, 4.69) is 12.2 Å². The number of thioether (sulfide) groups is 1. The number of carbonyl (C=O) groups is 1. The molecule has 0 aromatic heterocycles. The average Bonchev–Trinajstić information content (AvgIpc) is 2.62. The summed E-state index contributed by atoms with van der Waals surface area (Å²) in [7, 11) is 0. The summed E-state index contributed by atoms with van der Waals surface area (Å²) in [4.78, 5) is 13.5. The van der Waals surface area contributed by atoms with Gasteiger partial charge in [-0.3, -0.25) is 4.79 Å². The van der Waals surface area contributed by atoms with Gasteiger partial charge >= 0.3 is 0 Å². The van der Waals surface area contributed by atoms with Crippen LogP contribution in [0, 0.1) is 0 Å². The zero-order chi connectivity index (χ0) is 9.97. The van der Waals surface area contributed by atoms with E-state index in [1.807, 2.05) is 16.7 Å². The normalized spacial score (nSPS) is 30.4. The zero-order valence-electron chi connectivity index (χ0n) is 8.66. The van der Waals surface area contributed by atoms with Crippen molar-refractivity contribution in [2.24, 2.45) is 0 Å². The molecule has 0 bridgehead atoms. The van der Waals surface area contributed by atoms with Crippen molar-refractivity contribution in [3.05, 3.63) is 0 Å². The first-order valence-electron chi connectivity index (χ1n) is 5.50. The molecule has 3 nitrogen and oxygen atoms in total. The van der Waals surface area contributed by atoms with E-state index in [-0.39, 0.29) is 6.04 Å². The van der Waals surface area contributed by atoms with Crippen LogP contribution in [0.3, 0.4) is 0 Å². The van der Waals surface area contributed by atoms with Crippen molar-refractivity contribution in [3.63, 3.8) is 0 Å². The summed E-state index contributed by atoms with van der Waals surface area (Å²) in [5.74, 6) is 1.43. The molecule has 0 unspecified atom stereocenters. The molecule has 0 aliphatic carbocycles. The maximum absolute atomic E-state index is 11.6. The molecule has 2 saturated heterocycles. The van der Waals surface area contributed by atoms with E-state index in [1.165, 1.54) is 19.3 Å². The number of nitrogens with zero attached hydrogens (tertiary/aromatic N) is 1. The SMILES string of the molecule is CCCCCN[C@@H]1C(=O)N2CCS[C@@H]12. The number of hydrogen-bond acceptors (Lipinski definition) is 3. The first kappa shape index (κ1) is 10.3. The molecule has 2 aliphatic rings. The van der Waals surface area contributed by atoms with Gasteiger partial charge in [0.2, 0.25) is 5.91 Å². The first-order chi connectivity index (χ1) is 6.84. The Morgan fingerprint density at radius 3 is 3.21 bits per heavy atom. The second kappa shape index (κ2) is 4.53. The smallest absolute Gasteiger partial charge is 0.243 e. The predicted molar refractivity (Wildman–Crippen MR) is 59.3 cm³/mol. The fourth-order valence-corrected chi connectivity index (χ4v) is 3.38. The number of unbranched alkanes of at least 4 members (excludes halogenated alkanes) is 2. The predicted octanol–water partition coefficient (Wildman–Crippen LogP) is 1.05. The monoisotopic (exact) mass is 214 g/mol. The number of nitrogens with one attached hydrogen (secondary N) is 1. The molecule has 0 aromatic rings. The van der Waals surface area contributed by atoms with Crippen LogP contribution in [0.5, 0.6) is 0 Å². The minimum Gasteiger partial charge on any atom is -0.326 e. The molecular weight excluding hydrogens is 196 g/mol. The fourth-order valence-electron chi connectivity index (χ4n) is 2.04. The maximum Gasteiger partial charge on any atom is 0.243 e. The van der Waals surface area contributed by atoms with Crippen LogP contribution < -0.4 is 5.32 Å². The van der Waals surface area contributed by atoms with Crippen LogP contribution in [0.25, 0.3) is 0 Å². The Hall–Kier alpha value is -0.220. The highest BCUT2D eigenvalue weighted by Crippen LogP contribution is 2.35. The van der Waals surface area contributed by atoms with E-state index in [1.54, 1.807) is 0 Å². The summed E-state index contributed by atoms with van der Waals surface area (Å²) in [6, 6.07) is 0.124. The van der Waals surface area contributed by atoms with Gasteiger partial charge in [-0.25, -0.2) is 0 Å². The third kappa shape index (κ3) is 1.77. The molecule has 2 atom stereocenters. The summed E-state index contributed by atoms with van der Waals surface area (Å²) in [5.41, 5.74) is 0. The van der Waals surface area contributed by atoms with Crippen molar-refractivity contribution in [3.8, 4) is 0 Å². The number of carbonyl (C=O) groups excluding carboxylic acids is 1. The number of fused-ring (bicyclic) bond motifs is 1. The average molecular weight is 214 g/mol. The highest BCUT2D eigenvalue weighted by molar-refractivity contribution is 8.00. The van der Waals surface area contributed by atoms with Crippen LogP contribution in [-0.2, 0) is 4.79 Å². The van der Waals surface area contributed by atoms with Gasteiger partial charge in [-0.05, 0) is 13.0 Å². The molecule has 0 spiro atoms. The summed E-state index contributed by atoms with van der Waals surface area (Å²) in [6.07, 6.45) is 3.69. The van der Waals surface area contributed by atoms with E-state index in [0.717, 1.165) is 18.8 Å². The molecule has 1 N–H and O–H groups in total. The van der Waals surface area contributed by atoms with Gasteiger partial charge in [0.25, 0.3) is 0 Å². The topological polar surface area (TPSA) is 32.3 Å². The number of β-lactam (4-membered cyclic amide) rings is 1. The standard InChI is InChI=1S/C10H18N2OS/c1-2-3-4-5-11-8-9(13)12-6-7-14-10(8)12/h8,10-11H,2-7H2,1H3/t8-,10+/m1/s1. The van der Waals surface area contributed by atoms with E-state index < -0.39 is 0 Å². The van der Waals surface area contributed by atoms with Gasteiger partial charge < -0.3 is 10.2 Å². The first-order valence-corrected chi connectivity index (χ1v) is 6.55. The second-order valence-corrected chi connectivity index (χ2v) is 5.16. The highest BCUT2D eigenvalue weighted by Gasteiger charge is 2.49. The molecule has 0 aromatic carbocycles. The summed E-state index contributed by atoms with van der Waals surface area (Å²) < 4.78 is 0. The quantitative estimate of drug-likeness (QED) is 0.548. The van der Waals surface area contributed by atoms with Crippen LogP contribution in [0.15, 0.2) is 0 Å². The van der Waals surface area contributed by atoms with Crippen molar-refractivity contribution in [1.82, 2.24) is 10.2 Å². The minimum absolute atomic E-state index is 0.124. The minimum atomic E-state index is 0.124. The molecule has 14 heavy (non-hydrogen) atoms. The third-order valence-electron chi connectivity index (χ3n) is 2.91. The molecule has 0 saturated carbocycles. The van der Waals surface area contributed by atoms with Crippen molar-refractivity contribution >= 4 is 17.7 Å². The Bertz CT molecular complexity index is 222. The van der Waals surface area contributed by atoms with E-state index in [4.69, 9.17) is 0 Å². The third-order valence-corrected chi connectivity index (χ3v) is 4.19. The number of rotatable bonds is 5. The van der Waals surface area contributed by atoms with Crippen molar-refractivity contribution in [2.75, 3.05) is 18.8 Å². The summed E-state index contributed by atoms with van der Waals surface area (Å²) >= 11 is 1.91. The molecule has 2 fully saturated rings. The Morgan fingerprint density at radius 1 is 1.57 bits per heavy atom. The lowest BCUT2D eigenvalue weighted by atomic mass is 10.1. The largest absolute Gasteiger partial charge is 0.326 e. The van der Waals surface area contributed by atoms with Gasteiger partial charge in [0, 0.05) is 12.3 Å². The molecule has 2 heterocycles. The lowest BCUT2D eigenvalue weighted by Crippen LogP contribution is -2.66. The van der Waals surface area contributed by atoms with Crippen molar-refractivity contribution in [1.29, 1.82) is 0 Å². The Morgan fingerprint density at radius 2 is 2.43 bits per heavy atom. The fraction of sp³-hybridized carbons (Fsp3) is 0.900. The summed E-state index contributed by atoms with van der Waals surface area (Å²) in [6.45, 7) is 4.15. The Labute approximate surface area is 89.6 Å². The number of amides is 1. The van der Waals surface area contributed by atoms with Crippen molar-refractivity contribution < 1.29 is 4.79 Å². The molecule has 4 heteroatoms. The van der Waals surface area contributed by atoms with E-state index in [9.17, 15) is 4.79 Å². The van der Waals surface area contributed by atoms with E-state index >= 15 is 0 Å². The van der Waals surface area contributed by atoms with Gasteiger partial charge in [0.15, 0.2) is 0 Å². The molecular formula is C10H18N2OS. The second-order valence-electron chi connectivity index (χ2n) is 3.93. The lowest BCUT2D eigenvalue weighted by Gasteiger charge is -2.42. The number of hydrogen-bond donors (Lipinski definition) is 1. The molecule has 0 radical (unpaired) electrons. The summed E-state index contributed by atoms with van der Waals surface area (Å²) in [5, 5.41) is 3.81. The van der Waals surface area contributed by atoms with Crippen LogP contribution in [0.1, 0.15) is 26.2 Å². The maximum atomic E-state index is 11.6. The van der Waals surface area contributed by atoms with Crippen LogP contribution >= 0.6 is 11.8 Å². The van der Waals surface area contributed by atoms with Gasteiger partial charge in [-0.1, -0.05) is 19.8 Å². The molecule has 80 valence electrons. The zero-order valence-corrected chi connectivity index (χ0v) is 9.48. The molecule has 1 amide bonds. The van der Waals surface area contributed by atoms with Gasteiger partial charge in [-0.15, -0.1) is 11.8 Å². The van der Waals surface area contributed by atoms with Gasteiger partial charge in [0.05, 0.1) is 0 Å².